The van der Waals surface area contributed by atoms with Crippen molar-refractivity contribution in [3.05, 3.63) is 53.2 Å². The van der Waals surface area contributed by atoms with Crippen LogP contribution >= 0.6 is 12.2 Å². The quantitative estimate of drug-likeness (QED) is 0.648. The van der Waals surface area contributed by atoms with E-state index in [4.69, 9.17) is 21.7 Å². The first-order chi connectivity index (χ1) is 12.1. The molecule has 2 aromatic carbocycles. The number of benzene rings is 2. The summed E-state index contributed by atoms with van der Waals surface area (Å²) < 4.78 is 10.9. The van der Waals surface area contributed by atoms with E-state index >= 15 is 0 Å². The third-order valence-corrected chi connectivity index (χ3v) is 4.42. The van der Waals surface area contributed by atoms with E-state index in [0.717, 1.165) is 16.3 Å². The van der Waals surface area contributed by atoms with Crippen molar-refractivity contribution in [3.8, 4) is 5.75 Å². The van der Waals surface area contributed by atoms with Crippen molar-refractivity contribution in [2.24, 2.45) is 0 Å². The standard InChI is InChI=1S/C19H20N2O3S/c1-4-24-18(22)15-11(2)20-19(25)21-17(15)16-13-8-6-5-7-12(13)9-10-14(16)23-3/h5-10,17H,4H2,1-3H3,(H2,20,21,25)/t17-/m0/s1. The number of allylic oxidation sites excluding steroid dienone is 1. The number of esters is 1. The van der Waals surface area contributed by atoms with Crippen LogP contribution in [0.3, 0.4) is 0 Å². The number of hydrogen-bond acceptors (Lipinski definition) is 4. The topological polar surface area (TPSA) is 59.6 Å². The summed E-state index contributed by atoms with van der Waals surface area (Å²) in [5, 5.41) is 8.74. The lowest BCUT2D eigenvalue weighted by Gasteiger charge is -2.31. The van der Waals surface area contributed by atoms with Crippen molar-refractivity contribution < 1.29 is 14.3 Å². The summed E-state index contributed by atoms with van der Waals surface area (Å²) in [6.07, 6.45) is 0. The molecule has 0 saturated heterocycles. The normalized spacial score (nSPS) is 17.1. The molecule has 130 valence electrons. The zero-order valence-corrected chi connectivity index (χ0v) is 15.2. The monoisotopic (exact) mass is 356 g/mol. The van der Waals surface area contributed by atoms with Crippen molar-refractivity contribution in [3.63, 3.8) is 0 Å². The molecule has 0 bridgehead atoms. The Hall–Kier alpha value is -2.60. The molecule has 1 heterocycles. The fraction of sp³-hybridized carbons (Fsp3) is 0.263. The third kappa shape index (κ3) is 3.17. The first-order valence-corrected chi connectivity index (χ1v) is 8.48. The first kappa shape index (κ1) is 17.2. The minimum atomic E-state index is -0.450. The highest BCUT2D eigenvalue weighted by atomic mass is 32.1. The zero-order valence-electron chi connectivity index (χ0n) is 14.4. The molecule has 2 aromatic rings. The van der Waals surface area contributed by atoms with E-state index in [-0.39, 0.29) is 5.97 Å². The Kier molecular flexibility index (Phi) is 4.90. The number of hydrogen-bond donors (Lipinski definition) is 2. The van der Waals surface area contributed by atoms with Gasteiger partial charge in [-0.3, -0.25) is 0 Å². The van der Waals surface area contributed by atoms with Crippen LogP contribution in [0.25, 0.3) is 10.8 Å². The molecule has 25 heavy (non-hydrogen) atoms. The van der Waals surface area contributed by atoms with Crippen molar-refractivity contribution in [1.82, 2.24) is 10.6 Å². The van der Waals surface area contributed by atoms with Crippen LogP contribution in [0.1, 0.15) is 25.5 Å². The van der Waals surface area contributed by atoms with E-state index in [1.807, 2.05) is 43.3 Å². The van der Waals surface area contributed by atoms with Gasteiger partial charge in [0.1, 0.15) is 5.75 Å². The van der Waals surface area contributed by atoms with E-state index in [0.29, 0.717) is 28.7 Å². The fourth-order valence-electron chi connectivity index (χ4n) is 3.14. The molecular weight excluding hydrogens is 336 g/mol. The molecule has 0 aliphatic carbocycles. The minimum Gasteiger partial charge on any atom is -0.496 e. The summed E-state index contributed by atoms with van der Waals surface area (Å²) in [7, 11) is 1.62. The highest BCUT2D eigenvalue weighted by Gasteiger charge is 2.33. The van der Waals surface area contributed by atoms with Crippen LogP contribution in [0, 0.1) is 0 Å². The van der Waals surface area contributed by atoms with Gasteiger partial charge in [-0.2, -0.15) is 0 Å². The zero-order chi connectivity index (χ0) is 18.0. The average Bonchev–Trinajstić information content (AvgIpc) is 2.60. The van der Waals surface area contributed by atoms with Crippen molar-refractivity contribution in [1.29, 1.82) is 0 Å². The maximum Gasteiger partial charge on any atom is 0.338 e. The lowest BCUT2D eigenvalue weighted by atomic mass is 9.90. The number of thiocarbonyl (C=S) groups is 1. The molecule has 0 aromatic heterocycles. The molecule has 3 rings (SSSR count). The number of carbonyl (C=O) groups is 1. The smallest absolute Gasteiger partial charge is 0.338 e. The molecule has 6 heteroatoms. The molecule has 0 radical (unpaired) electrons. The second-order valence-corrected chi connectivity index (χ2v) is 6.10. The van der Waals surface area contributed by atoms with Gasteiger partial charge in [0.2, 0.25) is 0 Å². The van der Waals surface area contributed by atoms with E-state index in [2.05, 4.69) is 10.6 Å². The van der Waals surface area contributed by atoms with Crippen LogP contribution in [-0.2, 0) is 9.53 Å². The molecule has 0 spiro atoms. The van der Waals surface area contributed by atoms with E-state index < -0.39 is 6.04 Å². The number of methoxy groups -OCH3 is 1. The largest absolute Gasteiger partial charge is 0.496 e. The first-order valence-electron chi connectivity index (χ1n) is 8.07. The van der Waals surface area contributed by atoms with Crippen LogP contribution in [0.5, 0.6) is 5.75 Å². The summed E-state index contributed by atoms with van der Waals surface area (Å²) in [6, 6.07) is 11.4. The Bertz CT molecular complexity index is 876. The molecular formula is C19H20N2O3S. The SMILES string of the molecule is CCOC(=O)C1=C(C)NC(=S)N[C@@H]1c1c(OC)ccc2ccccc12. The van der Waals surface area contributed by atoms with Gasteiger partial charge in [0.15, 0.2) is 5.11 Å². The summed E-state index contributed by atoms with van der Waals surface area (Å²) in [4.78, 5) is 12.6. The number of carbonyl (C=O) groups excluding carboxylic acids is 1. The van der Waals surface area contributed by atoms with Crippen molar-refractivity contribution >= 4 is 34.1 Å². The number of fused-ring (bicyclic) bond motifs is 1. The van der Waals surface area contributed by atoms with Gasteiger partial charge in [-0.1, -0.05) is 30.3 Å². The molecule has 1 aliphatic heterocycles. The third-order valence-electron chi connectivity index (χ3n) is 4.20. The van der Waals surface area contributed by atoms with Gasteiger partial charge in [0.05, 0.1) is 25.3 Å². The maximum atomic E-state index is 12.6. The van der Waals surface area contributed by atoms with Crippen molar-refractivity contribution in [2.75, 3.05) is 13.7 Å². The second-order valence-electron chi connectivity index (χ2n) is 5.69. The number of rotatable bonds is 4. The lowest BCUT2D eigenvalue weighted by molar-refractivity contribution is -0.139. The predicted molar refractivity (Wildman–Crippen MR) is 101 cm³/mol. The number of ether oxygens (including phenoxy) is 2. The molecule has 0 amide bonds. The molecule has 0 fully saturated rings. The highest BCUT2D eigenvalue weighted by molar-refractivity contribution is 7.80. The summed E-state index contributed by atoms with van der Waals surface area (Å²) in [6.45, 7) is 3.92. The highest BCUT2D eigenvalue weighted by Crippen LogP contribution is 2.38. The van der Waals surface area contributed by atoms with E-state index in [1.165, 1.54) is 0 Å². The Morgan fingerprint density at radius 2 is 2.00 bits per heavy atom. The Morgan fingerprint density at radius 1 is 1.24 bits per heavy atom. The van der Waals surface area contributed by atoms with Crippen LogP contribution < -0.4 is 15.4 Å². The summed E-state index contributed by atoms with van der Waals surface area (Å²) >= 11 is 5.32. The van der Waals surface area contributed by atoms with Gasteiger partial charge in [-0.25, -0.2) is 4.79 Å². The summed E-state index contributed by atoms with van der Waals surface area (Å²) in [5.41, 5.74) is 2.05. The molecule has 0 saturated carbocycles. The van der Waals surface area contributed by atoms with E-state index in [1.54, 1.807) is 14.0 Å². The van der Waals surface area contributed by atoms with Crippen LogP contribution in [0.15, 0.2) is 47.7 Å². The predicted octanol–water partition coefficient (Wildman–Crippen LogP) is 3.20. The maximum absolute atomic E-state index is 12.6. The van der Waals surface area contributed by atoms with Crippen LogP contribution in [0.2, 0.25) is 0 Å². The minimum absolute atomic E-state index is 0.305. The molecule has 1 atom stereocenters. The molecule has 2 N–H and O–H groups in total. The molecule has 5 nitrogen and oxygen atoms in total. The van der Waals surface area contributed by atoms with Gasteiger partial charge in [0, 0.05) is 11.3 Å². The average molecular weight is 356 g/mol. The number of nitrogens with one attached hydrogen (secondary N) is 2. The fourth-order valence-corrected chi connectivity index (χ4v) is 3.41. The van der Waals surface area contributed by atoms with Gasteiger partial charge >= 0.3 is 5.97 Å². The van der Waals surface area contributed by atoms with Crippen LogP contribution in [-0.4, -0.2) is 24.8 Å². The van der Waals surface area contributed by atoms with Gasteiger partial charge < -0.3 is 20.1 Å². The molecule has 0 unspecified atom stereocenters. The van der Waals surface area contributed by atoms with Gasteiger partial charge in [0.25, 0.3) is 0 Å². The Morgan fingerprint density at radius 3 is 2.72 bits per heavy atom. The van der Waals surface area contributed by atoms with Gasteiger partial charge in [-0.05, 0) is 42.9 Å². The Labute approximate surface area is 152 Å². The molecule has 1 aliphatic rings. The lowest BCUT2D eigenvalue weighted by Crippen LogP contribution is -2.45. The van der Waals surface area contributed by atoms with Crippen molar-refractivity contribution in [2.45, 2.75) is 19.9 Å². The van der Waals surface area contributed by atoms with E-state index in [9.17, 15) is 4.79 Å². The summed E-state index contributed by atoms with van der Waals surface area (Å²) in [5.74, 6) is 0.318. The van der Waals surface area contributed by atoms with Crippen LogP contribution in [0.4, 0.5) is 0 Å². The Balaban J connectivity index is 2.25. The second kappa shape index (κ2) is 7.11. The van der Waals surface area contributed by atoms with Gasteiger partial charge in [-0.15, -0.1) is 0 Å².